The molecule has 0 aromatic carbocycles. The summed E-state index contributed by atoms with van der Waals surface area (Å²) in [6.45, 7) is 3.99. The van der Waals surface area contributed by atoms with E-state index in [1.165, 1.54) is 19.3 Å². The van der Waals surface area contributed by atoms with Gasteiger partial charge in [0.05, 0.1) is 22.9 Å². The van der Waals surface area contributed by atoms with Crippen molar-refractivity contribution in [2.24, 2.45) is 0 Å². The molecule has 37 heavy (non-hydrogen) atoms. The van der Waals surface area contributed by atoms with Crippen LogP contribution in [-0.2, 0) is 0 Å². The van der Waals surface area contributed by atoms with Crippen LogP contribution in [0, 0.1) is 0 Å². The van der Waals surface area contributed by atoms with E-state index in [4.69, 9.17) is 14.7 Å². The van der Waals surface area contributed by atoms with Gasteiger partial charge in [-0.15, -0.1) is 0 Å². The molecule has 0 atom stereocenters. The van der Waals surface area contributed by atoms with Crippen molar-refractivity contribution in [3.63, 3.8) is 0 Å². The molecule has 188 valence electrons. The number of pyridine rings is 3. The van der Waals surface area contributed by atoms with Gasteiger partial charge in [0.1, 0.15) is 22.9 Å². The van der Waals surface area contributed by atoms with E-state index < -0.39 is 0 Å². The highest BCUT2D eigenvalue weighted by molar-refractivity contribution is 5.94. The molecule has 2 fully saturated rings. The summed E-state index contributed by atoms with van der Waals surface area (Å²) in [4.78, 5) is 24.8. The highest BCUT2D eigenvalue weighted by Gasteiger charge is 2.21. The van der Waals surface area contributed by atoms with Crippen LogP contribution in [-0.4, -0.2) is 67.4 Å². The topological polar surface area (TPSA) is 121 Å². The lowest BCUT2D eigenvalue weighted by Gasteiger charge is -2.27. The predicted octanol–water partition coefficient (Wildman–Crippen LogP) is 4.08. The summed E-state index contributed by atoms with van der Waals surface area (Å²) >= 11 is 0. The van der Waals surface area contributed by atoms with Gasteiger partial charge in [0.15, 0.2) is 17.3 Å². The number of aromatic amines is 2. The summed E-state index contributed by atoms with van der Waals surface area (Å²) in [5, 5.41) is 11.1. The number of ether oxygens (including phenoxy) is 1. The number of H-pyrrole nitrogens is 2. The Morgan fingerprint density at radius 2 is 1.81 bits per heavy atom. The molecule has 2 saturated heterocycles. The number of rotatable bonds is 5. The quantitative estimate of drug-likeness (QED) is 0.334. The number of hydrogen-bond acceptors (Lipinski definition) is 8. The van der Waals surface area contributed by atoms with Crippen molar-refractivity contribution < 1.29 is 4.74 Å². The number of anilines is 1. The maximum atomic E-state index is 6.20. The predicted molar refractivity (Wildman–Crippen MR) is 143 cm³/mol. The molecule has 3 N–H and O–H groups in total. The van der Waals surface area contributed by atoms with Gasteiger partial charge >= 0.3 is 0 Å². The third kappa shape index (κ3) is 4.27. The molecule has 2 aliphatic rings. The molecule has 0 saturated carbocycles. The monoisotopic (exact) mass is 495 g/mol. The number of fused-ring (bicyclic) bond motifs is 2. The van der Waals surface area contributed by atoms with Gasteiger partial charge in [-0.3, -0.25) is 10.1 Å². The molecule has 5 aromatic rings. The zero-order valence-electron chi connectivity index (χ0n) is 20.6. The average molecular weight is 496 g/mol. The smallest absolute Gasteiger partial charge is 0.161 e. The van der Waals surface area contributed by atoms with E-state index in [-0.39, 0.29) is 6.10 Å². The lowest BCUT2D eigenvalue weighted by molar-refractivity contribution is 0.162. The van der Waals surface area contributed by atoms with E-state index in [1.54, 1.807) is 6.20 Å². The Kier molecular flexibility index (Phi) is 5.65. The van der Waals surface area contributed by atoms with Gasteiger partial charge in [-0.2, -0.15) is 5.10 Å². The molecule has 0 spiro atoms. The van der Waals surface area contributed by atoms with Crippen LogP contribution >= 0.6 is 0 Å². The van der Waals surface area contributed by atoms with Crippen molar-refractivity contribution in [3.05, 3.63) is 42.9 Å². The van der Waals surface area contributed by atoms with Crippen molar-refractivity contribution >= 4 is 27.9 Å². The summed E-state index contributed by atoms with van der Waals surface area (Å²) < 4.78 is 6.20. The minimum Gasteiger partial charge on any atom is -0.489 e. The SMILES string of the molecule is c1cc2[nH]c(-c3n[nH]c4ccc(-c5cncc(OC6CCNCC6)c5)nc34)nc2c(N2CCCCC2)n1. The van der Waals surface area contributed by atoms with Crippen molar-refractivity contribution in [2.75, 3.05) is 31.1 Å². The van der Waals surface area contributed by atoms with Crippen LogP contribution in [0.4, 0.5) is 5.82 Å². The molecule has 0 radical (unpaired) electrons. The maximum Gasteiger partial charge on any atom is 0.161 e. The molecule has 10 nitrogen and oxygen atoms in total. The lowest BCUT2D eigenvalue weighted by Crippen LogP contribution is -2.34. The molecule has 0 bridgehead atoms. The van der Waals surface area contributed by atoms with Crippen LogP contribution < -0.4 is 15.0 Å². The van der Waals surface area contributed by atoms with Crippen molar-refractivity contribution in [3.8, 4) is 28.5 Å². The summed E-state index contributed by atoms with van der Waals surface area (Å²) in [5.41, 5.74) is 5.83. The van der Waals surface area contributed by atoms with Crippen LogP contribution in [0.15, 0.2) is 42.9 Å². The number of hydrogen-bond donors (Lipinski definition) is 3. The molecular formula is C27H29N9O. The van der Waals surface area contributed by atoms with Crippen LogP contribution in [0.5, 0.6) is 5.75 Å². The van der Waals surface area contributed by atoms with Gasteiger partial charge in [-0.05, 0) is 69.5 Å². The maximum absolute atomic E-state index is 6.20. The molecule has 10 heteroatoms. The van der Waals surface area contributed by atoms with E-state index >= 15 is 0 Å². The summed E-state index contributed by atoms with van der Waals surface area (Å²) in [7, 11) is 0. The number of aromatic nitrogens is 7. The Balaban J connectivity index is 1.23. The molecule has 7 heterocycles. The first-order valence-corrected chi connectivity index (χ1v) is 13.1. The summed E-state index contributed by atoms with van der Waals surface area (Å²) in [5.74, 6) is 2.39. The Bertz CT molecular complexity index is 1550. The van der Waals surface area contributed by atoms with Gasteiger partial charge < -0.3 is 19.9 Å². The molecule has 0 unspecified atom stereocenters. The average Bonchev–Trinajstić information content (AvgIpc) is 3.58. The third-order valence-corrected chi connectivity index (χ3v) is 7.27. The van der Waals surface area contributed by atoms with Gasteiger partial charge in [0.25, 0.3) is 0 Å². The Labute approximate surface area is 213 Å². The van der Waals surface area contributed by atoms with E-state index in [9.17, 15) is 0 Å². The van der Waals surface area contributed by atoms with Crippen molar-refractivity contribution in [1.29, 1.82) is 0 Å². The third-order valence-electron chi connectivity index (χ3n) is 7.27. The molecule has 0 aliphatic carbocycles. The van der Waals surface area contributed by atoms with Gasteiger partial charge in [0, 0.05) is 31.0 Å². The highest BCUT2D eigenvalue weighted by atomic mass is 16.5. The van der Waals surface area contributed by atoms with E-state index in [2.05, 4.69) is 35.4 Å². The highest BCUT2D eigenvalue weighted by Crippen LogP contribution is 2.31. The van der Waals surface area contributed by atoms with E-state index in [0.717, 1.165) is 83.9 Å². The second-order valence-corrected chi connectivity index (χ2v) is 9.81. The minimum atomic E-state index is 0.214. The zero-order chi connectivity index (χ0) is 24.6. The number of nitrogens with zero attached hydrogens (tertiary/aromatic N) is 6. The first-order chi connectivity index (χ1) is 18.3. The van der Waals surface area contributed by atoms with Crippen molar-refractivity contribution in [2.45, 2.75) is 38.2 Å². The van der Waals surface area contributed by atoms with Gasteiger partial charge in [-0.1, -0.05) is 0 Å². The normalized spacial score (nSPS) is 17.0. The first kappa shape index (κ1) is 22.2. The van der Waals surface area contributed by atoms with Crippen LogP contribution in [0.25, 0.3) is 44.8 Å². The number of imidazole rings is 1. The Morgan fingerprint density at radius 1 is 0.919 bits per heavy atom. The summed E-state index contributed by atoms with van der Waals surface area (Å²) in [6, 6.07) is 7.96. The fourth-order valence-electron chi connectivity index (χ4n) is 5.32. The van der Waals surface area contributed by atoms with Gasteiger partial charge in [0.2, 0.25) is 0 Å². The molecule has 0 amide bonds. The van der Waals surface area contributed by atoms with Crippen LogP contribution in [0.2, 0.25) is 0 Å². The fourth-order valence-corrected chi connectivity index (χ4v) is 5.32. The Morgan fingerprint density at radius 3 is 2.70 bits per heavy atom. The molecule has 2 aliphatic heterocycles. The zero-order valence-corrected chi connectivity index (χ0v) is 20.6. The second kappa shape index (κ2) is 9.44. The van der Waals surface area contributed by atoms with Crippen molar-refractivity contribution in [1.82, 2.24) is 40.4 Å². The number of nitrogens with one attached hydrogen (secondary N) is 3. The molecular weight excluding hydrogens is 466 g/mol. The lowest BCUT2D eigenvalue weighted by atomic mass is 10.1. The fraction of sp³-hybridized carbons (Fsp3) is 0.370. The van der Waals surface area contributed by atoms with Crippen LogP contribution in [0.1, 0.15) is 32.1 Å². The minimum absolute atomic E-state index is 0.214. The summed E-state index contributed by atoms with van der Waals surface area (Å²) in [6.07, 6.45) is 11.3. The molecule has 5 aromatic heterocycles. The molecule has 7 rings (SSSR count). The second-order valence-electron chi connectivity index (χ2n) is 9.81. The standard InChI is InChI=1S/C27H29N9O/c1-2-12-36(13-3-1)27-24-21(8-11-30-27)32-26(33-24)25-23-22(34-35-25)5-4-20(31-23)17-14-19(16-29-15-17)37-18-6-9-28-10-7-18/h4-5,8,11,14-16,18,28H,1-3,6-7,9-10,12-13H2,(H,32,33)(H,34,35). The number of piperidine rings is 2. The van der Waals surface area contributed by atoms with E-state index in [1.807, 2.05) is 36.7 Å². The van der Waals surface area contributed by atoms with E-state index in [0.29, 0.717) is 11.5 Å². The largest absolute Gasteiger partial charge is 0.489 e. The first-order valence-electron chi connectivity index (χ1n) is 13.1. The Hall–Kier alpha value is -4.05. The van der Waals surface area contributed by atoms with Crippen LogP contribution in [0.3, 0.4) is 0 Å². The van der Waals surface area contributed by atoms with Gasteiger partial charge in [-0.25, -0.2) is 15.0 Å².